The maximum absolute atomic E-state index is 12.5. The van der Waals surface area contributed by atoms with Crippen LogP contribution in [0.1, 0.15) is 45.4 Å². The second kappa shape index (κ2) is 7.44. The minimum absolute atomic E-state index is 0.0321. The summed E-state index contributed by atoms with van der Waals surface area (Å²) >= 11 is 1.32. The predicted molar refractivity (Wildman–Crippen MR) is 90.0 cm³/mol. The highest BCUT2D eigenvalue weighted by Crippen LogP contribution is 2.31. The Balaban J connectivity index is 1.72. The molecule has 1 atom stereocenters. The van der Waals surface area contributed by atoms with Gasteiger partial charge in [0.05, 0.1) is 13.2 Å². The number of amides is 2. The summed E-state index contributed by atoms with van der Waals surface area (Å²) in [7, 11) is 1.83. The van der Waals surface area contributed by atoms with Crippen molar-refractivity contribution < 1.29 is 9.53 Å². The van der Waals surface area contributed by atoms with Crippen molar-refractivity contribution >= 4 is 22.5 Å². The number of carbonyl (C=O) groups excluding carboxylic acids is 1. The number of anilines is 1. The molecule has 0 aromatic carbocycles. The van der Waals surface area contributed by atoms with E-state index in [0.717, 1.165) is 0 Å². The lowest BCUT2D eigenvalue weighted by atomic mass is 10.1. The lowest BCUT2D eigenvalue weighted by Gasteiger charge is -2.26. The van der Waals surface area contributed by atoms with E-state index < -0.39 is 0 Å². The molecular formula is C15H25N5O2S. The highest BCUT2D eigenvalue weighted by atomic mass is 32.1. The molecule has 7 nitrogen and oxygen atoms in total. The number of aromatic nitrogens is 2. The van der Waals surface area contributed by atoms with Crippen LogP contribution < -0.4 is 15.0 Å². The van der Waals surface area contributed by atoms with Crippen molar-refractivity contribution in [2.24, 2.45) is 0 Å². The van der Waals surface area contributed by atoms with Crippen LogP contribution in [0.15, 0.2) is 0 Å². The summed E-state index contributed by atoms with van der Waals surface area (Å²) in [6.07, 6.45) is 7.49. The van der Waals surface area contributed by atoms with E-state index in [-0.39, 0.29) is 12.2 Å². The monoisotopic (exact) mass is 339 g/mol. The van der Waals surface area contributed by atoms with E-state index in [1.165, 1.54) is 49.9 Å². The molecule has 1 N–H and O–H groups in total. The van der Waals surface area contributed by atoms with E-state index in [4.69, 9.17) is 4.74 Å². The second-order valence-electron chi connectivity index (χ2n) is 6.19. The molecule has 2 heterocycles. The molecule has 1 aliphatic carbocycles. The van der Waals surface area contributed by atoms with Gasteiger partial charge in [-0.3, -0.25) is 5.32 Å². The van der Waals surface area contributed by atoms with Crippen LogP contribution in [0.2, 0.25) is 0 Å². The Labute approximate surface area is 141 Å². The molecule has 2 amide bonds. The topological polar surface area (TPSA) is 70.6 Å². The van der Waals surface area contributed by atoms with Crippen molar-refractivity contribution in [3.63, 3.8) is 0 Å². The largest absolute Gasteiger partial charge is 0.469 e. The van der Waals surface area contributed by atoms with Crippen LogP contribution in [0.25, 0.3) is 0 Å². The Hall–Kier alpha value is -1.41. The van der Waals surface area contributed by atoms with Crippen molar-refractivity contribution in [3.05, 3.63) is 0 Å². The number of nitrogens with zero attached hydrogens (tertiary/aromatic N) is 4. The van der Waals surface area contributed by atoms with Gasteiger partial charge in [-0.2, -0.15) is 0 Å². The molecular weight excluding hydrogens is 314 g/mol. The number of likely N-dealkylation sites (N-methyl/N-ethyl adjacent to an activating group) is 1. The molecule has 1 aromatic rings. The van der Waals surface area contributed by atoms with Gasteiger partial charge in [0, 0.05) is 13.1 Å². The van der Waals surface area contributed by atoms with Crippen molar-refractivity contribution in [1.82, 2.24) is 20.4 Å². The van der Waals surface area contributed by atoms with Crippen LogP contribution in [0.5, 0.6) is 5.19 Å². The third-order valence-electron chi connectivity index (χ3n) is 4.44. The third-order valence-corrected chi connectivity index (χ3v) is 5.28. The maximum atomic E-state index is 12.5. The number of urea groups is 1. The SMILES string of the molecule is CCOc1nnc(N2C(=O)N(C)CC2NC2CCCCCC2)s1. The van der Waals surface area contributed by atoms with Crippen LogP contribution in [-0.4, -0.2) is 53.5 Å². The van der Waals surface area contributed by atoms with Crippen LogP contribution in [-0.2, 0) is 0 Å². The molecule has 0 spiro atoms. The molecule has 0 bridgehead atoms. The van der Waals surface area contributed by atoms with Gasteiger partial charge in [0.15, 0.2) is 0 Å². The lowest BCUT2D eigenvalue weighted by molar-refractivity contribution is 0.229. The Kier molecular flexibility index (Phi) is 5.32. The molecule has 23 heavy (non-hydrogen) atoms. The highest BCUT2D eigenvalue weighted by molar-refractivity contribution is 7.17. The van der Waals surface area contributed by atoms with E-state index in [0.29, 0.717) is 29.5 Å². The number of nitrogens with one attached hydrogen (secondary N) is 1. The molecule has 1 aliphatic heterocycles. The molecule has 3 rings (SSSR count). The predicted octanol–water partition coefficient (Wildman–Crippen LogP) is 2.45. The summed E-state index contributed by atoms with van der Waals surface area (Å²) < 4.78 is 5.38. The summed E-state index contributed by atoms with van der Waals surface area (Å²) in [5.74, 6) is 0. The first kappa shape index (κ1) is 16.4. The zero-order valence-corrected chi connectivity index (χ0v) is 14.6. The Morgan fingerprint density at radius 3 is 2.70 bits per heavy atom. The molecule has 128 valence electrons. The van der Waals surface area contributed by atoms with E-state index >= 15 is 0 Å². The highest BCUT2D eigenvalue weighted by Gasteiger charge is 2.39. The van der Waals surface area contributed by atoms with Crippen molar-refractivity contribution in [2.45, 2.75) is 57.7 Å². The van der Waals surface area contributed by atoms with Gasteiger partial charge in [0.2, 0.25) is 5.13 Å². The zero-order valence-electron chi connectivity index (χ0n) is 13.8. The van der Waals surface area contributed by atoms with Gasteiger partial charge in [-0.25, -0.2) is 9.69 Å². The average molecular weight is 339 g/mol. The maximum Gasteiger partial charge on any atom is 0.327 e. The van der Waals surface area contributed by atoms with E-state index in [1.54, 1.807) is 9.80 Å². The number of rotatable bonds is 5. The summed E-state index contributed by atoms with van der Waals surface area (Å²) in [5.41, 5.74) is 0. The number of hydrogen-bond acceptors (Lipinski definition) is 6. The van der Waals surface area contributed by atoms with Crippen molar-refractivity contribution in [1.29, 1.82) is 0 Å². The third kappa shape index (κ3) is 3.74. The fraction of sp³-hybridized carbons (Fsp3) is 0.800. The summed E-state index contributed by atoms with van der Waals surface area (Å²) in [4.78, 5) is 16.0. The molecule has 0 radical (unpaired) electrons. The zero-order chi connectivity index (χ0) is 16.2. The molecule has 1 saturated carbocycles. The molecule has 2 aliphatic rings. The standard InChI is InChI=1S/C15H25N5O2S/c1-3-22-14-18-17-13(23-14)20-12(10-19(2)15(20)21)16-11-8-6-4-5-7-9-11/h11-12,16H,3-10H2,1-2H3. The van der Waals surface area contributed by atoms with Crippen LogP contribution >= 0.6 is 11.3 Å². The van der Waals surface area contributed by atoms with Gasteiger partial charge in [-0.15, -0.1) is 5.10 Å². The number of carbonyl (C=O) groups is 1. The molecule has 8 heteroatoms. The molecule has 2 fully saturated rings. The normalized spacial score (nSPS) is 23.4. The van der Waals surface area contributed by atoms with Crippen molar-refractivity contribution in [2.75, 3.05) is 25.1 Å². The average Bonchev–Trinajstić information content (AvgIpc) is 2.97. The first-order chi connectivity index (χ1) is 11.2. The summed E-state index contributed by atoms with van der Waals surface area (Å²) in [6.45, 7) is 3.12. The lowest BCUT2D eigenvalue weighted by Crippen LogP contribution is -2.48. The van der Waals surface area contributed by atoms with E-state index in [9.17, 15) is 4.79 Å². The Bertz CT molecular complexity index is 530. The Morgan fingerprint density at radius 1 is 1.26 bits per heavy atom. The van der Waals surface area contributed by atoms with Gasteiger partial charge in [0.25, 0.3) is 5.19 Å². The smallest absolute Gasteiger partial charge is 0.327 e. The quantitative estimate of drug-likeness (QED) is 0.835. The fourth-order valence-corrected chi connectivity index (χ4v) is 4.08. The second-order valence-corrected chi connectivity index (χ2v) is 7.11. The van der Waals surface area contributed by atoms with Gasteiger partial charge in [-0.1, -0.05) is 30.8 Å². The van der Waals surface area contributed by atoms with E-state index in [2.05, 4.69) is 15.5 Å². The van der Waals surface area contributed by atoms with Gasteiger partial charge >= 0.3 is 6.03 Å². The fourth-order valence-electron chi connectivity index (χ4n) is 3.28. The Morgan fingerprint density at radius 2 is 2.00 bits per heavy atom. The van der Waals surface area contributed by atoms with Gasteiger partial charge in [-0.05, 0) is 31.1 Å². The van der Waals surface area contributed by atoms with Gasteiger partial charge < -0.3 is 9.64 Å². The first-order valence-electron chi connectivity index (χ1n) is 8.45. The number of hydrogen-bond donors (Lipinski definition) is 1. The summed E-state index contributed by atoms with van der Waals surface area (Å²) in [5, 5.41) is 12.9. The minimum Gasteiger partial charge on any atom is -0.469 e. The van der Waals surface area contributed by atoms with E-state index in [1.807, 2.05) is 14.0 Å². The minimum atomic E-state index is -0.0435. The summed E-state index contributed by atoms with van der Waals surface area (Å²) in [6, 6.07) is 0.443. The van der Waals surface area contributed by atoms with Crippen molar-refractivity contribution in [3.8, 4) is 5.19 Å². The molecule has 1 aromatic heterocycles. The molecule has 1 unspecified atom stereocenters. The molecule has 1 saturated heterocycles. The first-order valence-corrected chi connectivity index (χ1v) is 9.27. The van der Waals surface area contributed by atoms with Gasteiger partial charge in [0.1, 0.15) is 6.17 Å². The number of ether oxygens (including phenoxy) is 1. The van der Waals surface area contributed by atoms with Crippen LogP contribution in [0, 0.1) is 0 Å². The van der Waals surface area contributed by atoms with Crippen LogP contribution in [0.4, 0.5) is 9.93 Å². The van der Waals surface area contributed by atoms with Crippen LogP contribution in [0.3, 0.4) is 0 Å².